The number of nitrogens with one attached hydrogen (secondary N) is 1. The van der Waals surface area contributed by atoms with Crippen LogP contribution in [-0.4, -0.2) is 60.3 Å². The van der Waals surface area contributed by atoms with Crippen molar-refractivity contribution in [2.75, 3.05) is 39.7 Å². The number of hydrogen-bond donors (Lipinski definition) is 1. The average Bonchev–Trinajstić information content (AvgIpc) is 2.79. The maximum absolute atomic E-state index is 5.58. The van der Waals surface area contributed by atoms with Gasteiger partial charge in [0, 0.05) is 31.5 Å². The summed E-state index contributed by atoms with van der Waals surface area (Å²) in [6.07, 6.45) is 7.50. The number of piperidine rings is 1. The molecule has 4 rings (SSSR count). The number of ether oxygens (including phenoxy) is 3. The summed E-state index contributed by atoms with van der Waals surface area (Å²) in [5, 5.41) is 4.46. The van der Waals surface area contributed by atoms with E-state index in [0.29, 0.717) is 22.8 Å². The lowest BCUT2D eigenvalue weighted by atomic mass is 10.0. The second-order valence-corrected chi connectivity index (χ2v) is 7.34. The zero-order chi connectivity index (χ0) is 20.9. The van der Waals surface area contributed by atoms with Crippen LogP contribution in [0.3, 0.4) is 0 Å². The number of fused-ring (bicyclic) bond motifs is 1. The van der Waals surface area contributed by atoms with Crippen molar-refractivity contribution in [2.24, 2.45) is 0 Å². The molecule has 0 radical (unpaired) electrons. The predicted molar refractivity (Wildman–Crippen MR) is 115 cm³/mol. The van der Waals surface area contributed by atoms with Crippen LogP contribution in [0.25, 0.3) is 10.9 Å². The number of rotatable bonds is 7. The highest BCUT2D eigenvalue weighted by Gasteiger charge is 2.23. The van der Waals surface area contributed by atoms with Gasteiger partial charge in [-0.25, -0.2) is 9.97 Å². The minimum atomic E-state index is 0.285. The summed E-state index contributed by atoms with van der Waals surface area (Å²) >= 11 is 0. The number of pyridine rings is 1. The van der Waals surface area contributed by atoms with Gasteiger partial charge < -0.3 is 19.5 Å². The SMILES string of the molecule is COc1cc2c(NC3CCCN(Cc4cccnc4)C3)ncnc2c(OC)c1OC. The fraction of sp³-hybridized carbons (Fsp3) is 0.409. The van der Waals surface area contributed by atoms with Gasteiger partial charge in [-0.1, -0.05) is 6.07 Å². The molecule has 0 bridgehead atoms. The van der Waals surface area contributed by atoms with Crippen LogP contribution in [0.5, 0.6) is 17.2 Å². The van der Waals surface area contributed by atoms with Crippen molar-refractivity contribution in [2.45, 2.75) is 25.4 Å². The van der Waals surface area contributed by atoms with Crippen molar-refractivity contribution in [3.05, 3.63) is 42.5 Å². The molecule has 0 saturated carbocycles. The first-order chi connectivity index (χ1) is 14.7. The maximum Gasteiger partial charge on any atom is 0.205 e. The Morgan fingerprint density at radius 3 is 2.73 bits per heavy atom. The van der Waals surface area contributed by atoms with Crippen LogP contribution in [0.2, 0.25) is 0 Å². The number of benzene rings is 1. The Morgan fingerprint density at radius 1 is 1.13 bits per heavy atom. The lowest BCUT2D eigenvalue weighted by Crippen LogP contribution is -2.41. The topological polar surface area (TPSA) is 81.6 Å². The Labute approximate surface area is 176 Å². The van der Waals surface area contributed by atoms with E-state index in [2.05, 4.69) is 31.2 Å². The minimum Gasteiger partial charge on any atom is -0.493 e. The number of hydrogen-bond acceptors (Lipinski definition) is 8. The molecule has 1 saturated heterocycles. The third-order valence-electron chi connectivity index (χ3n) is 5.41. The highest BCUT2D eigenvalue weighted by Crippen LogP contribution is 2.43. The molecule has 3 aromatic rings. The van der Waals surface area contributed by atoms with Gasteiger partial charge in [0.05, 0.1) is 26.7 Å². The van der Waals surface area contributed by atoms with E-state index >= 15 is 0 Å². The van der Waals surface area contributed by atoms with Gasteiger partial charge in [0.1, 0.15) is 17.7 Å². The van der Waals surface area contributed by atoms with Gasteiger partial charge >= 0.3 is 0 Å². The Kier molecular flexibility index (Phi) is 6.13. The van der Waals surface area contributed by atoms with E-state index in [0.717, 1.165) is 43.7 Å². The number of nitrogens with zero attached hydrogens (tertiary/aromatic N) is 4. The molecule has 0 aliphatic carbocycles. The molecule has 3 heterocycles. The van der Waals surface area contributed by atoms with Crippen LogP contribution < -0.4 is 19.5 Å². The Morgan fingerprint density at radius 2 is 2.00 bits per heavy atom. The van der Waals surface area contributed by atoms with Gasteiger partial charge in [0.15, 0.2) is 11.5 Å². The van der Waals surface area contributed by atoms with Crippen molar-refractivity contribution in [3.8, 4) is 17.2 Å². The molecule has 1 fully saturated rings. The number of aromatic nitrogens is 3. The van der Waals surface area contributed by atoms with Crippen LogP contribution in [0.1, 0.15) is 18.4 Å². The zero-order valence-corrected chi connectivity index (χ0v) is 17.6. The Bertz CT molecular complexity index is 999. The molecule has 0 amide bonds. The van der Waals surface area contributed by atoms with E-state index in [1.807, 2.05) is 24.5 Å². The van der Waals surface area contributed by atoms with Gasteiger partial charge in [-0.3, -0.25) is 9.88 Å². The molecule has 0 spiro atoms. The van der Waals surface area contributed by atoms with Crippen molar-refractivity contribution in [1.82, 2.24) is 19.9 Å². The van der Waals surface area contributed by atoms with E-state index in [1.165, 1.54) is 5.56 Å². The number of likely N-dealkylation sites (tertiary alicyclic amines) is 1. The first kappa shape index (κ1) is 20.2. The molecule has 8 nitrogen and oxygen atoms in total. The predicted octanol–water partition coefficient (Wildman–Crippen LogP) is 3.13. The fourth-order valence-corrected chi connectivity index (χ4v) is 4.04. The van der Waals surface area contributed by atoms with E-state index in [-0.39, 0.29) is 6.04 Å². The lowest BCUT2D eigenvalue weighted by Gasteiger charge is -2.33. The van der Waals surface area contributed by atoms with Gasteiger partial charge in [-0.05, 0) is 37.1 Å². The average molecular weight is 409 g/mol. The highest BCUT2D eigenvalue weighted by atomic mass is 16.5. The zero-order valence-electron chi connectivity index (χ0n) is 17.6. The summed E-state index contributed by atoms with van der Waals surface area (Å²) in [7, 11) is 4.80. The highest BCUT2D eigenvalue weighted by molar-refractivity contribution is 5.96. The number of methoxy groups -OCH3 is 3. The second kappa shape index (κ2) is 9.13. The van der Waals surface area contributed by atoms with Crippen molar-refractivity contribution >= 4 is 16.7 Å². The summed E-state index contributed by atoms with van der Waals surface area (Å²) < 4.78 is 16.6. The monoisotopic (exact) mass is 409 g/mol. The third kappa shape index (κ3) is 4.09. The van der Waals surface area contributed by atoms with Gasteiger partial charge in [0.25, 0.3) is 0 Å². The molecule has 1 atom stereocenters. The van der Waals surface area contributed by atoms with Crippen LogP contribution >= 0.6 is 0 Å². The third-order valence-corrected chi connectivity index (χ3v) is 5.41. The largest absolute Gasteiger partial charge is 0.493 e. The van der Waals surface area contributed by atoms with Crippen LogP contribution in [0.15, 0.2) is 36.9 Å². The lowest BCUT2D eigenvalue weighted by molar-refractivity contribution is 0.208. The molecular weight excluding hydrogens is 382 g/mol. The Hall–Kier alpha value is -3.13. The summed E-state index contributed by atoms with van der Waals surface area (Å²) in [6.45, 7) is 2.91. The molecule has 2 aromatic heterocycles. The van der Waals surface area contributed by atoms with Crippen molar-refractivity contribution in [3.63, 3.8) is 0 Å². The summed E-state index contributed by atoms with van der Waals surface area (Å²) in [6, 6.07) is 6.29. The summed E-state index contributed by atoms with van der Waals surface area (Å²) in [5.41, 5.74) is 1.92. The second-order valence-electron chi connectivity index (χ2n) is 7.34. The van der Waals surface area contributed by atoms with E-state index in [9.17, 15) is 0 Å². The van der Waals surface area contributed by atoms with Crippen LogP contribution in [-0.2, 0) is 6.54 Å². The summed E-state index contributed by atoms with van der Waals surface area (Å²) in [4.78, 5) is 15.6. The molecule has 30 heavy (non-hydrogen) atoms. The van der Waals surface area contributed by atoms with Gasteiger partial charge in [-0.2, -0.15) is 0 Å². The van der Waals surface area contributed by atoms with Crippen molar-refractivity contribution in [1.29, 1.82) is 0 Å². The van der Waals surface area contributed by atoms with E-state index in [4.69, 9.17) is 14.2 Å². The molecule has 1 aromatic carbocycles. The first-order valence-corrected chi connectivity index (χ1v) is 10.0. The smallest absolute Gasteiger partial charge is 0.205 e. The van der Waals surface area contributed by atoms with Gasteiger partial charge in [-0.15, -0.1) is 0 Å². The van der Waals surface area contributed by atoms with E-state index in [1.54, 1.807) is 27.7 Å². The molecule has 1 aliphatic heterocycles. The standard InChI is InChI=1S/C22H27N5O3/c1-28-18-10-17-19(21(30-3)20(18)29-2)24-14-25-22(17)26-16-7-5-9-27(13-16)12-15-6-4-8-23-11-15/h4,6,8,10-11,14,16H,5,7,9,12-13H2,1-3H3,(H,24,25,26). The maximum atomic E-state index is 5.58. The summed E-state index contributed by atoms with van der Waals surface area (Å²) in [5.74, 6) is 2.42. The van der Waals surface area contributed by atoms with Crippen LogP contribution in [0, 0.1) is 0 Å². The number of anilines is 1. The molecule has 1 N–H and O–H groups in total. The van der Waals surface area contributed by atoms with E-state index < -0.39 is 0 Å². The normalized spacial score (nSPS) is 17.0. The molecular formula is C22H27N5O3. The minimum absolute atomic E-state index is 0.285. The fourth-order valence-electron chi connectivity index (χ4n) is 4.04. The molecule has 158 valence electrons. The molecule has 8 heteroatoms. The molecule has 1 aliphatic rings. The quantitative estimate of drug-likeness (QED) is 0.637. The first-order valence-electron chi connectivity index (χ1n) is 10.0. The Balaban J connectivity index is 1.59. The van der Waals surface area contributed by atoms with Crippen molar-refractivity contribution < 1.29 is 14.2 Å². The van der Waals surface area contributed by atoms with Crippen LogP contribution in [0.4, 0.5) is 5.82 Å². The molecule has 1 unspecified atom stereocenters. The van der Waals surface area contributed by atoms with Gasteiger partial charge in [0.2, 0.25) is 5.75 Å².